The molecule has 1 amide bonds. The van der Waals surface area contributed by atoms with Crippen LogP contribution >= 0.6 is 11.3 Å². The van der Waals surface area contributed by atoms with E-state index in [-0.39, 0.29) is 5.56 Å². The molecule has 5 heteroatoms. The van der Waals surface area contributed by atoms with Crippen molar-refractivity contribution in [3.05, 3.63) is 57.0 Å². The molecule has 1 aromatic heterocycles. The standard InChI is InChI=1S/C15H17FN2OS/c1-2-10-5-6-20-14(10)9-18-8-12-4-3-11(15(17)19)7-13(12)16/h3-7,18H,2,8-9H2,1H3,(H2,17,19). The van der Waals surface area contributed by atoms with E-state index in [1.54, 1.807) is 23.5 Å². The summed E-state index contributed by atoms with van der Waals surface area (Å²) < 4.78 is 13.8. The monoisotopic (exact) mass is 292 g/mol. The molecule has 0 aliphatic carbocycles. The molecule has 0 atom stereocenters. The van der Waals surface area contributed by atoms with Crippen molar-refractivity contribution in [1.29, 1.82) is 0 Å². The number of nitrogens with two attached hydrogens (primary N) is 1. The zero-order chi connectivity index (χ0) is 14.5. The first-order valence-electron chi connectivity index (χ1n) is 6.46. The summed E-state index contributed by atoms with van der Waals surface area (Å²) >= 11 is 1.70. The largest absolute Gasteiger partial charge is 0.366 e. The number of rotatable bonds is 6. The van der Waals surface area contributed by atoms with Gasteiger partial charge >= 0.3 is 0 Å². The second-order valence-corrected chi connectivity index (χ2v) is 5.50. The number of benzene rings is 1. The quantitative estimate of drug-likeness (QED) is 0.860. The van der Waals surface area contributed by atoms with Gasteiger partial charge in [0.1, 0.15) is 5.82 Å². The van der Waals surface area contributed by atoms with Crippen molar-refractivity contribution in [1.82, 2.24) is 5.32 Å². The van der Waals surface area contributed by atoms with Gasteiger partial charge in [0.05, 0.1) is 0 Å². The maximum absolute atomic E-state index is 13.8. The number of nitrogens with one attached hydrogen (secondary N) is 1. The highest BCUT2D eigenvalue weighted by molar-refractivity contribution is 7.10. The van der Waals surface area contributed by atoms with Crippen LogP contribution in [-0.4, -0.2) is 5.91 Å². The second kappa shape index (κ2) is 6.63. The molecule has 0 aliphatic heterocycles. The Morgan fingerprint density at radius 3 is 2.75 bits per heavy atom. The Hall–Kier alpha value is -1.72. The van der Waals surface area contributed by atoms with Gasteiger partial charge in [0, 0.05) is 29.1 Å². The Balaban J connectivity index is 1.96. The van der Waals surface area contributed by atoms with Gasteiger partial charge in [-0.1, -0.05) is 13.0 Å². The number of carbonyl (C=O) groups is 1. The predicted octanol–water partition coefficient (Wildman–Crippen LogP) is 2.84. The SMILES string of the molecule is CCc1ccsc1CNCc1ccc(C(N)=O)cc1F. The Labute approximate surface area is 121 Å². The Bertz CT molecular complexity index is 610. The lowest BCUT2D eigenvalue weighted by Crippen LogP contribution is -2.15. The molecule has 0 spiro atoms. The Morgan fingerprint density at radius 1 is 1.30 bits per heavy atom. The first-order chi connectivity index (χ1) is 9.61. The van der Waals surface area contributed by atoms with Crippen molar-refractivity contribution in [3.63, 3.8) is 0 Å². The molecule has 2 aromatic rings. The Kier molecular flexibility index (Phi) is 4.87. The lowest BCUT2D eigenvalue weighted by Gasteiger charge is -2.07. The van der Waals surface area contributed by atoms with Gasteiger partial charge in [-0.2, -0.15) is 0 Å². The summed E-state index contributed by atoms with van der Waals surface area (Å²) in [4.78, 5) is 12.2. The molecule has 0 bridgehead atoms. The van der Waals surface area contributed by atoms with Gasteiger partial charge in [0.25, 0.3) is 0 Å². The van der Waals surface area contributed by atoms with Crippen LogP contribution in [0.2, 0.25) is 0 Å². The van der Waals surface area contributed by atoms with Crippen LogP contribution in [0.25, 0.3) is 0 Å². The maximum Gasteiger partial charge on any atom is 0.248 e. The molecule has 1 aromatic carbocycles. The van der Waals surface area contributed by atoms with Gasteiger partial charge < -0.3 is 11.1 Å². The summed E-state index contributed by atoms with van der Waals surface area (Å²) in [6.45, 7) is 3.26. The third kappa shape index (κ3) is 3.43. The number of aryl methyl sites for hydroxylation is 1. The first kappa shape index (κ1) is 14.7. The van der Waals surface area contributed by atoms with Crippen LogP contribution in [0.3, 0.4) is 0 Å². The van der Waals surface area contributed by atoms with Crippen molar-refractivity contribution in [2.45, 2.75) is 26.4 Å². The minimum absolute atomic E-state index is 0.192. The van der Waals surface area contributed by atoms with Crippen LogP contribution in [0.4, 0.5) is 4.39 Å². The second-order valence-electron chi connectivity index (χ2n) is 4.50. The summed E-state index contributed by atoms with van der Waals surface area (Å²) in [6, 6.07) is 6.44. The molecular weight excluding hydrogens is 275 g/mol. The van der Waals surface area contributed by atoms with Gasteiger partial charge in [0.15, 0.2) is 0 Å². The van der Waals surface area contributed by atoms with E-state index < -0.39 is 11.7 Å². The smallest absolute Gasteiger partial charge is 0.248 e. The van der Waals surface area contributed by atoms with Crippen LogP contribution in [-0.2, 0) is 19.5 Å². The minimum Gasteiger partial charge on any atom is -0.366 e. The van der Waals surface area contributed by atoms with Gasteiger partial charge in [0.2, 0.25) is 5.91 Å². The van der Waals surface area contributed by atoms with Crippen molar-refractivity contribution in [3.8, 4) is 0 Å². The molecule has 2 rings (SSSR count). The number of carbonyl (C=O) groups excluding carboxylic acids is 1. The van der Waals surface area contributed by atoms with E-state index in [4.69, 9.17) is 5.73 Å². The van der Waals surface area contributed by atoms with Gasteiger partial charge in [-0.25, -0.2) is 4.39 Å². The molecule has 0 unspecified atom stereocenters. The van der Waals surface area contributed by atoms with Crippen molar-refractivity contribution < 1.29 is 9.18 Å². The lowest BCUT2D eigenvalue weighted by molar-refractivity contribution is 0.1000. The van der Waals surface area contributed by atoms with E-state index in [1.807, 2.05) is 0 Å². The molecule has 0 aliphatic rings. The van der Waals surface area contributed by atoms with Crippen LogP contribution in [0.15, 0.2) is 29.6 Å². The first-order valence-corrected chi connectivity index (χ1v) is 7.34. The van der Waals surface area contributed by atoms with E-state index in [0.29, 0.717) is 12.1 Å². The average Bonchev–Trinajstić information content (AvgIpc) is 2.87. The highest BCUT2D eigenvalue weighted by Crippen LogP contribution is 2.17. The van der Waals surface area contributed by atoms with E-state index in [2.05, 4.69) is 23.7 Å². The molecule has 0 saturated heterocycles. The lowest BCUT2D eigenvalue weighted by atomic mass is 10.1. The van der Waals surface area contributed by atoms with Crippen LogP contribution in [0, 0.1) is 5.82 Å². The number of amides is 1. The maximum atomic E-state index is 13.8. The van der Waals surface area contributed by atoms with E-state index in [1.165, 1.54) is 16.5 Å². The minimum atomic E-state index is -0.616. The van der Waals surface area contributed by atoms with Crippen LogP contribution in [0.1, 0.15) is 33.3 Å². The number of hydrogen-bond acceptors (Lipinski definition) is 3. The third-order valence-corrected chi connectivity index (χ3v) is 4.12. The topological polar surface area (TPSA) is 55.1 Å². The van der Waals surface area contributed by atoms with Crippen LogP contribution < -0.4 is 11.1 Å². The molecule has 0 saturated carbocycles. The molecule has 3 N–H and O–H groups in total. The van der Waals surface area contributed by atoms with Crippen molar-refractivity contribution in [2.75, 3.05) is 0 Å². The van der Waals surface area contributed by atoms with Gasteiger partial charge in [-0.3, -0.25) is 4.79 Å². The number of halogens is 1. The summed E-state index contributed by atoms with van der Waals surface area (Å²) in [5.74, 6) is -1.02. The summed E-state index contributed by atoms with van der Waals surface area (Å²) in [7, 11) is 0. The number of thiophene rings is 1. The van der Waals surface area contributed by atoms with Crippen molar-refractivity contribution in [2.24, 2.45) is 5.73 Å². The summed E-state index contributed by atoms with van der Waals surface area (Å²) in [6.07, 6.45) is 1.00. The van der Waals surface area contributed by atoms with Crippen LogP contribution in [0.5, 0.6) is 0 Å². The number of primary amides is 1. The molecule has 20 heavy (non-hydrogen) atoms. The fourth-order valence-corrected chi connectivity index (χ4v) is 2.94. The zero-order valence-electron chi connectivity index (χ0n) is 11.3. The van der Waals surface area contributed by atoms with Gasteiger partial charge in [-0.15, -0.1) is 11.3 Å². The molecule has 0 radical (unpaired) electrons. The van der Waals surface area contributed by atoms with E-state index in [0.717, 1.165) is 13.0 Å². The molecule has 0 fully saturated rings. The highest BCUT2D eigenvalue weighted by atomic mass is 32.1. The summed E-state index contributed by atoms with van der Waals surface area (Å²) in [5.41, 5.74) is 7.16. The number of hydrogen-bond donors (Lipinski definition) is 2. The molecule has 1 heterocycles. The molecular formula is C15H17FN2OS. The Morgan fingerprint density at radius 2 is 2.10 bits per heavy atom. The van der Waals surface area contributed by atoms with Gasteiger partial charge in [-0.05, 0) is 35.6 Å². The molecule has 3 nitrogen and oxygen atoms in total. The third-order valence-electron chi connectivity index (χ3n) is 3.16. The molecule has 106 valence electrons. The zero-order valence-corrected chi connectivity index (χ0v) is 12.1. The van der Waals surface area contributed by atoms with Crippen molar-refractivity contribution >= 4 is 17.2 Å². The van der Waals surface area contributed by atoms with E-state index in [9.17, 15) is 9.18 Å². The fourth-order valence-electron chi connectivity index (χ4n) is 1.99. The highest BCUT2D eigenvalue weighted by Gasteiger charge is 2.07. The fraction of sp³-hybridized carbons (Fsp3) is 0.267. The summed E-state index contributed by atoms with van der Waals surface area (Å²) in [5, 5.41) is 5.29. The predicted molar refractivity (Wildman–Crippen MR) is 79.2 cm³/mol. The average molecular weight is 292 g/mol. The van der Waals surface area contributed by atoms with E-state index >= 15 is 0 Å². The normalized spacial score (nSPS) is 10.7.